The van der Waals surface area contributed by atoms with Crippen molar-refractivity contribution in [3.8, 4) is 0 Å². The number of amides is 2. The lowest BCUT2D eigenvalue weighted by Gasteiger charge is -2.32. The van der Waals surface area contributed by atoms with Crippen LogP contribution in [0.3, 0.4) is 0 Å². The monoisotopic (exact) mass is 417 g/mol. The quantitative estimate of drug-likeness (QED) is 0.769. The van der Waals surface area contributed by atoms with Gasteiger partial charge < -0.3 is 10.6 Å². The summed E-state index contributed by atoms with van der Waals surface area (Å²) in [7, 11) is -3.59. The SMILES string of the molecule is CS(=O)(=O)N(CC(=O)N1CCC(C(N)=O)CC1)c1ccc(Br)cc1. The van der Waals surface area contributed by atoms with Gasteiger partial charge >= 0.3 is 0 Å². The number of carbonyl (C=O) groups excluding carboxylic acids is 2. The molecule has 0 atom stereocenters. The molecular formula is C15H20BrN3O4S. The van der Waals surface area contributed by atoms with Gasteiger partial charge in [0, 0.05) is 23.5 Å². The topological polar surface area (TPSA) is 101 Å². The maximum atomic E-state index is 12.5. The van der Waals surface area contributed by atoms with Crippen LogP contribution in [0.1, 0.15) is 12.8 Å². The smallest absolute Gasteiger partial charge is 0.243 e. The average molecular weight is 418 g/mol. The summed E-state index contributed by atoms with van der Waals surface area (Å²) in [5.74, 6) is -0.854. The summed E-state index contributed by atoms with van der Waals surface area (Å²) < 4.78 is 26.0. The standard InChI is InChI=1S/C15H20BrN3O4S/c1-24(22,23)19(13-4-2-12(16)3-5-13)10-14(20)18-8-6-11(7-9-18)15(17)21/h2-5,11H,6-10H2,1H3,(H2,17,21). The van der Waals surface area contributed by atoms with Crippen LogP contribution < -0.4 is 10.0 Å². The number of anilines is 1. The number of hydrogen-bond acceptors (Lipinski definition) is 4. The van der Waals surface area contributed by atoms with Gasteiger partial charge in [0.2, 0.25) is 21.8 Å². The van der Waals surface area contributed by atoms with Gasteiger partial charge in [-0.25, -0.2) is 8.42 Å². The highest BCUT2D eigenvalue weighted by Gasteiger charge is 2.28. The molecule has 0 aliphatic carbocycles. The van der Waals surface area contributed by atoms with E-state index < -0.39 is 10.0 Å². The Bertz CT molecular complexity index is 713. The van der Waals surface area contributed by atoms with Gasteiger partial charge in [-0.15, -0.1) is 0 Å². The van der Waals surface area contributed by atoms with Crippen LogP contribution in [-0.2, 0) is 19.6 Å². The van der Waals surface area contributed by atoms with Gasteiger partial charge in [0.15, 0.2) is 0 Å². The molecule has 0 aromatic heterocycles. The highest BCUT2D eigenvalue weighted by Crippen LogP contribution is 2.22. The molecule has 0 saturated carbocycles. The molecule has 0 spiro atoms. The Balaban J connectivity index is 2.09. The van der Waals surface area contributed by atoms with Crippen molar-refractivity contribution in [2.45, 2.75) is 12.8 Å². The summed E-state index contributed by atoms with van der Waals surface area (Å²) >= 11 is 3.29. The molecular weight excluding hydrogens is 398 g/mol. The lowest BCUT2D eigenvalue weighted by molar-refractivity contribution is -0.133. The number of rotatable bonds is 5. The Morgan fingerprint density at radius 3 is 2.25 bits per heavy atom. The first-order valence-corrected chi connectivity index (χ1v) is 10.1. The molecule has 2 amide bonds. The summed E-state index contributed by atoms with van der Waals surface area (Å²) in [6, 6.07) is 6.71. The number of benzene rings is 1. The number of hydrogen-bond donors (Lipinski definition) is 1. The number of carbonyl (C=O) groups is 2. The minimum Gasteiger partial charge on any atom is -0.369 e. The zero-order chi connectivity index (χ0) is 17.9. The number of nitrogens with zero attached hydrogens (tertiary/aromatic N) is 2. The highest BCUT2D eigenvalue weighted by atomic mass is 79.9. The van der Waals surface area contributed by atoms with Gasteiger partial charge in [0.25, 0.3) is 0 Å². The van der Waals surface area contributed by atoms with E-state index in [4.69, 9.17) is 5.73 Å². The van der Waals surface area contributed by atoms with E-state index in [9.17, 15) is 18.0 Å². The number of sulfonamides is 1. The summed E-state index contributed by atoms with van der Waals surface area (Å²) in [5, 5.41) is 0. The van der Waals surface area contributed by atoms with Crippen molar-refractivity contribution in [1.29, 1.82) is 0 Å². The summed E-state index contributed by atoms with van der Waals surface area (Å²) in [5.41, 5.74) is 5.71. The molecule has 24 heavy (non-hydrogen) atoms. The molecule has 1 aromatic rings. The molecule has 0 radical (unpaired) electrons. The first kappa shape index (κ1) is 18.7. The molecule has 1 aromatic carbocycles. The second-order valence-electron chi connectivity index (χ2n) is 5.80. The van der Waals surface area contributed by atoms with Crippen LogP contribution in [0.5, 0.6) is 0 Å². The number of halogens is 1. The van der Waals surface area contributed by atoms with Crippen LogP contribution in [0.2, 0.25) is 0 Å². The van der Waals surface area contributed by atoms with E-state index in [1.807, 2.05) is 0 Å². The molecule has 2 rings (SSSR count). The van der Waals surface area contributed by atoms with Crippen LogP contribution in [0, 0.1) is 5.92 Å². The maximum Gasteiger partial charge on any atom is 0.243 e. The minimum atomic E-state index is -3.59. The van der Waals surface area contributed by atoms with Crippen molar-refractivity contribution in [3.05, 3.63) is 28.7 Å². The highest BCUT2D eigenvalue weighted by molar-refractivity contribution is 9.10. The van der Waals surface area contributed by atoms with Crippen LogP contribution >= 0.6 is 15.9 Å². The second kappa shape index (κ2) is 7.52. The van der Waals surface area contributed by atoms with E-state index in [2.05, 4.69) is 15.9 Å². The summed E-state index contributed by atoms with van der Waals surface area (Å²) in [6.07, 6.45) is 2.10. The fourth-order valence-corrected chi connectivity index (χ4v) is 3.76. The van der Waals surface area contributed by atoms with E-state index in [1.165, 1.54) is 0 Å². The zero-order valence-electron chi connectivity index (χ0n) is 13.3. The molecule has 132 valence electrons. The molecule has 7 nitrogen and oxygen atoms in total. The van der Waals surface area contributed by atoms with Crippen LogP contribution in [0.15, 0.2) is 28.7 Å². The van der Waals surface area contributed by atoms with E-state index in [-0.39, 0.29) is 24.3 Å². The van der Waals surface area contributed by atoms with E-state index in [0.717, 1.165) is 15.0 Å². The lowest BCUT2D eigenvalue weighted by atomic mass is 9.96. The van der Waals surface area contributed by atoms with Gasteiger partial charge in [-0.3, -0.25) is 13.9 Å². The van der Waals surface area contributed by atoms with Gasteiger partial charge in [-0.05, 0) is 37.1 Å². The molecule has 1 fully saturated rings. The second-order valence-corrected chi connectivity index (χ2v) is 8.63. The zero-order valence-corrected chi connectivity index (χ0v) is 15.7. The number of likely N-dealkylation sites (tertiary alicyclic amines) is 1. The first-order valence-electron chi connectivity index (χ1n) is 7.49. The molecule has 1 saturated heterocycles. The van der Waals surface area contributed by atoms with Crippen molar-refractivity contribution in [3.63, 3.8) is 0 Å². The van der Waals surface area contributed by atoms with Crippen LogP contribution in [0.25, 0.3) is 0 Å². The Hall–Kier alpha value is -1.61. The third-order valence-corrected chi connectivity index (χ3v) is 5.71. The Kier molecular flexibility index (Phi) is 5.87. The molecule has 1 heterocycles. The van der Waals surface area contributed by atoms with Crippen molar-refractivity contribution in [1.82, 2.24) is 4.90 Å². The normalized spacial score (nSPS) is 16.0. The van der Waals surface area contributed by atoms with Gasteiger partial charge in [0.05, 0.1) is 11.9 Å². The largest absolute Gasteiger partial charge is 0.369 e. The molecule has 9 heteroatoms. The van der Waals surface area contributed by atoms with Crippen molar-refractivity contribution >= 4 is 43.5 Å². The van der Waals surface area contributed by atoms with E-state index in [1.54, 1.807) is 29.2 Å². The summed E-state index contributed by atoms with van der Waals surface area (Å²) in [6.45, 7) is 0.552. The Labute approximate surface area is 150 Å². The van der Waals surface area contributed by atoms with Gasteiger partial charge in [-0.2, -0.15) is 0 Å². The third-order valence-electron chi connectivity index (χ3n) is 4.04. The summed E-state index contributed by atoms with van der Waals surface area (Å²) in [4.78, 5) is 25.2. The predicted molar refractivity (Wildman–Crippen MR) is 94.8 cm³/mol. The minimum absolute atomic E-state index is 0.216. The van der Waals surface area contributed by atoms with Crippen molar-refractivity contribution < 1.29 is 18.0 Å². The Morgan fingerprint density at radius 2 is 1.79 bits per heavy atom. The van der Waals surface area contributed by atoms with Gasteiger partial charge in [0.1, 0.15) is 6.54 Å². The third kappa shape index (κ3) is 4.70. The average Bonchev–Trinajstić information content (AvgIpc) is 2.52. The van der Waals surface area contributed by atoms with Crippen molar-refractivity contribution in [2.24, 2.45) is 11.7 Å². The number of piperidine rings is 1. The Morgan fingerprint density at radius 1 is 1.25 bits per heavy atom. The first-order chi connectivity index (χ1) is 11.2. The van der Waals surface area contributed by atoms with Gasteiger partial charge in [-0.1, -0.05) is 15.9 Å². The molecule has 2 N–H and O–H groups in total. The molecule has 0 bridgehead atoms. The molecule has 1 aliphatic rings. The number of primary amides is 1. The van der Waals surface area contributed by atoms with Crippen LogP contribution in [-0.4, -0.2) is 51.0 Å². The molecule has 1 aliphatic heterocycles. The predicted octanol–water partition coefficient (Wildman–Crippen LogP) is 0.939. The van der Waals surface area contributed by atoms with Crippen LogP contribution in [0.4, 0.5) is 5.69 Å². The number of nitrogens with two attached hydrogens (primary N) is 1. The fourth-order valence-electron chi connectivity index (χ4n) is 2.64. The fraction of sp³-hybridized carbons (Fsp3) is 0.467. The van der Waals surface area contributed by atoms with E-state index in [0.29, 0.717) is 31.6 Å². The lowest BCUT2D eigenvalue weighted by Crippen LogP contribution is -2.47. The van der Waals surface area contributed by atoms with E-state index >= 15 is 0 Å². The maximum absolute atomic E-state index is 12.5. The van der Waals surface area contributed by atoms with Crippen molar-refractivity contribution in [2.75, 3.05) is 30.2 Å². The molecule has 0 unspecified atom stereocenters.